The van der Waals surface area contributed by atoms with Crippen molar-refractivity contribution in [3.05, 3.63) is 206 Å². The van der Waals surface area contributed by atoms with E-state index >= 15 is 0 Å². The fourth-order valence-electron chi connectivity index (χ4n) is 11.0. The predicted octanol–water partition coefficient (Wildman–Crippen LogP) is 18.8. The van der Waals surface area contributed by atoms with E-state index in [1.54, 1.807) is 0 Å². The fraction of sp³-hybridized carbons (Fsp3) is 0. The molecule has 0 atom stereocenters. The molecule has 0 radical (unpaired) electrons. The molecule has 0 aliphatic heterocycles. The Labute approximate surface area is 395 Å². The van der Waals surface area contributed by atoms with Crippen molar-refractivity contribution in [3.63, 3.8) is 0 Å². The molecule has 4 nitrogen and oxygen atoms in total. The maximum atomic E-state index is 10.6. The number of hydrogen-bond donors (Lipinski definition) is 0. The summed E-state index contributed by atoms with van der Waals surface area (Å²) in [6.45, 7) is 0. The van der Waals surface area contributed by atoms with Crippen molar-refractivity contribution in [2.24, 2.45) is 0 Å². The molecule has 0 aliphatic rings. The molecule has 68 heavy (non-hydrogen) atoms. The van der Waals surface area contributed by atoms with Crippen molar-refractivity contribution in [3.8, 4) is 44.5 Å². The Hall–Kier alpha value is -9.12. The molecule has 0 spiro atoms. The molecular weight excluding hydrogens is 833 g/mol. The number of para-hydroxylation sites is 7. The van der Waals surface area contributed by atoms with Gasteiger partial charge >= 0.3 is 0 Å². The molecule has 0 bridgehead atoms. The Morgan fingerprint density at radius 1 is 0.250 bits per heavy atom. The monoisotopic (exact) mass is 872 g/mol. The zero-order chi connectivity index (χ0) is 49.4. The summed E-state index contributed by atoms with van der Waals surface area (Å²) < 4.78 is 89.2. The highest BCUT2D eigenvalue weighted by Gasteiger charge is 2.25. The average Bonchev–Trinajstić information content (AvgIpc) is 4.32. The zero-order valence-electron chi connectivity index (χ0n) is 41.8. The Balaban J connectivity index is 1.17. The molecule has 16 aromatic rings. The molecule has 0 amide bonds. The van der Waals surface area contributed by atoms with Gasteiger partial charge in [0.2, 0.25) is 0 Å². The maximum absolute atomic E-state index is 10.6. The summed E-state index contributed by atoms with van der Waals surface area (Å²) in [5.41, 5.74) is 8.36. The molecule has 0 saturated heterocycles. The van der Waals surface area contributed by atoms with Gasteiger partial charge in [0, 0.05) is 59.8 Å². The standard InChI is InChI=1S/C64H34O4/c1-5-22-55-36(12-1)40-27-26-35(32-59(40)65-55)51-33-52(48-19-9-16-45-37-13-2-6-23-56(37)66-62(45)48)42-30-31-44-54(50-21-11-18-47-39-15-4-8-25-58(39)68-64(47)50)34-53(43-29-28-41(51)60(42)61(43)44)49-20-10-17-46-38-14-3-7-24-57(38)67-63(46)49/h1-34H/i28D,29D,30D,31D,33D,34D. The number of benzene rings is 12. The maximum Gasteiger partial charge on any atom is 0.143 e. The average molecular weight is 873 g/mol. The van der Waals surface area contributed by atoms with E-state index in [-0.39, 0.29) is 57.8 Å². The smallest absolute Gasteiger partial charge is 0.143 e. The van der Waals surface area contributed by atoms with E-state index in [0.29, 0.717) is 99.9 Å². The van der Waals surface area contributed by atoms with Crippen LogP contribution in [0.4, 0.5) is 0 Å². The normalized spacial score (nSPS) is 13.6. The van der Waals surface area contributed by atoms with Crippen LogP contribution in [-0.2, 0) is 0 Å². The van der Waals surface area contributed by atoms with Crippen LogP contribution in [-0.4, -0.2) is 0 Å². The van der Waals surface area contributed by atoms with E-state index in [4.69, 9.17) is 17.7 Å². The highest BCUT2D eigenvalue weighted by atomic mass is 16.3. The molecule has 16 rings (SSSR count). The van der Waals surface area contributed by atoms with Gasteiger partial charge in [-0.2, -0.15) is 0 Å². The predicted molar refractivity (Wildman–Crippen MR) is 281 cm³/mol. The van der Waals surface area contributed by atoms with Gasteiger partial charge in [0.05, 0.1) is 8.22 Å². The summed E-state index contributed by atoms with van der Waals surface area (Å²) in [5, 5.41) is 8.86. The molecule has 4 heterocycles. The zero-order valence-corrected chi connectivity index (χ0v) is 35.8. The molecule has 0 saturated carbocycles. The summed E-state index contributed by atoms with van der Waals surface area (Å²) in [6, 6.07) is 53.6. The van der Waals surface area contributed by atoms with Gasteiger partial charge in [-0.25, -0.2) is 0 Å². The number of fused-ring (bicyclic) bond motifs is 12. The van der Waals surface area contributed by atoms with Crippen LogP contribution in [0.2, 0.25) is 0 Å². The Bertz CT molecular complexity index is 5030. The van der Waals surface area contributed by atoms with Crippen LogP contribution in [0.15, 0.2) is 224 Å². The second kappa shape index (κ2) is 13.3. The van der Waals surface area contributed by atoms with E-state index in [9.17, 15) is 8.22 Å². The fourth-order valence-corrected chi connectivity index (χ4v) is 11.0. The van der Waals surface area contributed by atoms with Crippen LogP contribution in [0.5, 0.6) is 0 Å². The minimum absolute atomic E-state index is 0.000753. The largest absolute Gasteiger partial charge is 0.456 e. The van der Waals surface area contributed by atoms with Crippen molar-refractivity contribution >= 4 is 120 Å². The lowest BCUT2D eigenvalue weighted by molar-refractivity contribution is 0.669. The minimum atomic E-state index is -0.195. The van der Waals surface area contributed by atoms with Gasteiger partial charge in [0.1, 0.15) is 44.7 Å². The summed E-state index contributed by atoms with van der Waals surface area (Å²) in [6.07, 6.45) is 0. The van der Waals surface area contributed by atoms with Gasteiger partial charge in [-0.05, 0) is 109 Å². The summed E-state index contributed by atoms with van der Waals surface area (Å²) >= 11 is 0. The van der Waals surface area contributed by atoms with Gasteiger partial charge in [0.15, 0.2) is 0 Å². The van der Waals surface area contributed by atoms with Crippen LogP contribution in [0.3, 0.4) is 0 Å². The molecule has 12 aromatic carbocycles. The van der Waals surface area contributed by atoms with Crippen LogP contribution >= 0.6 is 0 Å². The van der Waals surface area contributed by atoms with Gasteiger partial charge in [-0.3, -0.25) is 0 Å². The number of furan rings is 4. The van der Waals surface area contributed by atoms with Crippen molar-refractivity contribution in [1.82, 2.24) is 0 Å². The lowest BCUT2D eigenvalue weighted by Gasteiger charge is -2.21. The highest BCUT2D eigenvalue weighted by Crippen LogP contribution is 2.52. The SMILES string of the molecule is [2H]c1c(-c2ccc3c(c2)oc2ccccc23)c2c([2H])c([2H])c3c(-c4cccc5c4oc4ccccc45)c([2H])c(-c4cccc5c4oc4ccccc45)c4c([2H])c([2H])c(c1-c1cccc5c1oc1ccccc15)c2c34. The first kappa shape index (κ1) is 30.9. The molecule has 314 valence electrons. The molecule has 0 unspecified atom stereocenters. The quantitative estimate of drug-likeness (QED) is 0.165. The van der Waals surface area contributed by atoms with E-state index in [1.165, 1.54) is 0 Å². The third-order valence-electron chi connectivity index (χ3n) is 14.1. The van der Waals surface area contributed by atoms with Gasteiger partial charge in [-0.1, -0.05) is 158 Å². The first-order valence-electron chi connectivity index (χ1n) is 25.7. The van der Waals surface area contributed by atoms with E-state index in [1.807, 2.05) is 170 Å². The van der Waals surface area contributed by atoms with E-state index < -0.39 is 0 Å². The topological polar surface area (TPSA) is 52.6 Å². The number of hydrogen-bond acceptors (Lipinski definition) is 4. The second-order valence-electron chi connectivity index (χ2n) is 17.7. The molecule has 0 N–H and O–H groups in total. The van der Waals surface area contributed by atoms with Crippen molar-refractivity contribution < 1.29 is 25.9 Å². The van der Waals surface area contributed by atoms with Crippen LogP contribution in [0.25, 0.3) is 165 Å². The van der Waals surface area contributed by atoms with Gasteiger partial charge in [-0.15, -0.1) is 0 Å². The molecule has 4 aromatic heterocycles. The highest BCUT2D eigenvalue weighted by molar-refractivity contribution is 6.33. The van der Waals surface area contributed by atoms with E-state index in [0.717, 1.165) is 43.1 Å². The molecule has 0 fully saturated rings. The Kier molecular flexibility index (Phi) is 6.02. The summed E-state index contributed by atoms with van der Waals surface area (Å²) in [4.78, 5) is 0. The first-order valence-corrected chi connectivity index (χ1v) is 22.7. The van der Waals surface area contributed by atoms with E-state index in [2.05, 4.69) is 0 Å². The minimum Gasteiger partial charge on any atom is -0.456 e. The summed E-state index contributed by atoms with van der Waals surface area (Å²) in [5.74, 6) is 0. The molecule has 4 heteroatoms. The summed E-state index contributed by atoms with van der Waals surface area (Å²) in [7, 11) is 0. The first-order chi connectivity index (χ1) is 36.2. The Morgan fingerprint density at radius 2 is 0.588 bits per heavy atom. The van der Waals surface area contributed by atoms with Crippen molar-refractivity contribution in [1.29, 1.82) is 0 Å². The molecule has 0 aliphatic carbocycles. The van der Waals surface area contributed by atoms with Crippen LogP contribution < -0.4 is 0 Å². The van der Waals surface area contributed by atoms with Crippen LogP contribution in [0.1, 0.15) is 8.22 Å². The van der Waals surface area contributed by atoms with Gasteiger partial charge in [0.25, 0.3) is 0 Å². The van der Waals surface area contributed by atoms with Crippen molar-refractivity contribution in [2.45, 2.75) is 0 Å². The molecular formula is C64H34O4. The lowest BCUT2D eigenvalue weighted by atomic mass is 9.81. The van der Waals surface area contributed by atoms with Crippen molar-refractivity contribution in [2.75, 3.05) is 0 Å². The van der Waals surface area contributed by atoms with Crippen LogP contribution in [0, 0.1) is 0 Å². The third-order valence-corrected chi connectivity index (χ3v) is 14.1. The number of rotatable bonds is 4. The van der Waals surface area contributed by atoms with Gasteiger partial charge < -0.3 is 17.7 Å². The third kappa shape index (κ3) is 4.82. The second-order valence-corrected chi connectivity index (χ2v) is 17.7. The lowest BCUT2D eigenvalue weighted by Crippen LogP contribution is -1.95. The Morgan fingerprint density at radius 3 is 1.03 bits per heavy atom.